The van der Waals surface area contributed by atoms with E-state index in [9.17, 15) is 0 Å². The van der Waals surface area contributed by atoms with E-state index >= 15 is 0 Å². The summed E-state index contributed by atoms with van der Waals surface area (Å²) < 4.78 is 5.46. The molecule has 1 aliphatic rings. The van der Waals surface area contributed by atoms with Crippen LogP contribution in [-0.2, 0) is 0 Å². The van der Waals surface area contributed by atoms with Gasteiger partial charge in [0.2, 0.25) is 0 Å². The number of nitrogens with two attached hydrogens (primary N) is 1. The largest absolute Gasteiger partial charge is 0.495 e. The zero-order chi connectivity index (χ0) is 13.5. The van der Waals surface area contributed by atoms with Gasteiger partial charge in [-0.15, -0.1) is 0 Å². The van der Waals surface area contributed by atoms with E-state index in [-0.39, 0.29) is 11.6 Å². The van der Waals surface area contributed by atoms with Crippen LogP contribution in [0.4, 0.5) is 5.69 Å². The second-order valence-corrected chi connectivity index (χ2v) is 6.07. The molecule has 0 aromatic heterocycles. The summed E-state index contributed by atoms with van der Waals surface area (Å²) in [5.74, 6) is 0.813. The summed E-state index contributed by atoms with van der Waals surface area (Å²) >= 11 is 6.15. The molecule has 1 aromatic carbocycles. The fourth-order valence-corrected chi connectivity index (χ4v) is 2.90. The van der Waals surface area contributed by atoms with Gasteiger partial charge in [-0.1, -0.05) is 11.6 Å². The van der Waals surface area contributed by atoms with Crippen LogP contribution >= 0.6 is 11.6 Å². The normalized spacial score (nSPS) is 22.3. The monoisotopic (exact) mass is 268 g/mol. The predicted octanol–water partition coefficient (Wildman–Crippen LogP) is 2.97. The number of rotatable bonds is 2. The standard InChI is InChI=1S/C14H21ClN2O/c1-9-5-12(13(18-4)6-11(9)15)17-8-10(16)7-14(17,2)3/h5-6,10H,7-8,16H2,1-4H3. The second kappa shape index (κ2) is 4.63. The van der Waals surface area contributed by atoms with E-state index in [1.54, 1.807) is 7.11 Å². The Bertz CT molecular complexity index is 459. The third kappa shape index (κ3) is 2.29. The molecule has 0 radical (unpaired) electrons. The number of halogens is 1. The van der Waals surface area contributed by atoms with Crippen molar-refractivity contribution < 1.29 is 4.74 Å². The van der Waals surface area contributed by atoms with E-state index in [0.717, 1.165) is 35.0 Å². The number of methoxy groups -OCH3 is 1. The lowest BCUT2D eigenvalue weighted by Gasteiger charge is -2.34. The summed E-state index contributed by atoms with van der Waals surface area (Å²) in [5, 5.41) is 0.733. The molecule has 0 aliphatic carbocycles. The maximum atomic E-state index is 6.15. The molecule has 1 atom stereocenters. The summed E-state index contributed by atoms with van der Waals surface area (Å²) in [6.45, 7) is 7.28. The minimum absolute atomic E-state index is 0.0486. The molecule has 4 heteroatoms. The molecule has 18 heavy (non-hydrogen) atoms. The van der Waals surface area contributed by atoms with Crippen molar-refractivity contribution in [2.24, 2.45) is 5.73 Å². The molecular weight excluding hydrogens is 248 g/mol. The number of hydrogen-bond donors (Lipinski definition) is 1. The number of hydrogen-bond acceptors (Lipinski definition) is 3. The highest BCUT2D eigenvalue weighted by Crippen LogP contribution is 2.40. The Hall–Kier alpha value is -0.930. The van der Waals surface area contributed by atoms with Gasteiger partial charge >= 0.3 is 0 Å². The number of benzene rings is 1. The van der Waals surface area contributed by atoms with Crippen molar-refractivity contribution in [1.82, 2.24) is 0 Å². The molecular formula is C14H21ClN2O. The van der Waals surface area contributed by atoms with E-state index in [2.05, 4.69) is 24.8 Å². The number of nitrogens with zero attached hydrogens (tertiary/aromatic N) is 1. The van der Waals surface area contributed by atoms with Crippen LogP contribution in [-0.4, -0.2) is 25.2 Å². The SMILES string of the molecule is COc1cc(Cl)c(C)cc1N1CC(N)CC1(C)C. The molecule has 0 saturated carbocycles. The summed E-state index contributed by atoms with van der Waals surface area (Å²) in [6.07, 6.45) is 0.984. The van der Waals surface area contributed by atoms with Gasteiger partial charge < -0.3 is 15.4 Å². The van der Waals surface area contributed by atoms with Gasteiger partial charge in [-0.05, 0) is 38.8 Å². The van der Waals surface area contributed by atoms with Crippen LogP contribution in [0.25, 0.3) is 0 Å². The highest BCUT2D eigenvalue weighted by Gasteiger charge is 2.38. The predicted molar refractivity (Wildman–Crippen MR) is 76.8 cm³/mol. The Labute approximate surface area is 114 Å². The molecule has 1 aromatic rings. The molecule has 2 rings (SSSR count). The maximum Gasteiger partial charge on any atom is 0.143 e. The van der Waals surface area contributed by atoms with Gasteiger partial charge in [0, 0.05) is 29.2 Å². The van der Waals surface area contributed by atoms with Crippen LogP contribution in [0.5, 0.6) is 5.75 Å². The molecule has 1 saturated heterocycles. The molecule has 1 fully saturated rings. The number of ether oxygens (including phenoxy) is 1. The van der Waals surface area contributed by atoms with Crippen molar-refractivity contribution in [3.63, 3.8) is 0 Å². The average molecular weight is 269 g/mol. The molecule has 2 N–H and O–H groups in total. The van der Waals surface area contributed by atoms with Crippen LogP contribution in [0.3, 0.4) is 0 Å². The first-order chi connectivity index (χ1) is 8.35. The lowest BCUT2D eigenvalue weighted by Crippen LogP contribution is -2.38. The van der Waals surface area contributed by atoms with Crippen molar-refractivity contribution in [2.75, 3.05) is 18.6 Å². The Morgan fingerprint density at radius 2 is 2.11 bits per heavy atom. The second-order valence-electron chi connectivity index (χ2n) is 5.66. The van der Waals surface area contributed by atoms with Crippen LogP contribution in [0.1, 0.15) is 25.8 Å². The minimum atomic E-state index is 0.0486. The summed E-state index contributed by atoms with van der Waals surface area (Å²) in [7, 11) is 1.67. The van der Waals surface area contributed by atoms with Gasteiger partial charge in [-0.25, -0.2) is 0 Å². The first kappa shape index (κ1) is 13.5. The smallest absolute Gasteiger partial charge is 0.143 e. The van der Waals surface area contributed by atoms with Gasteiger partial charge in [0.25, 0.3) is 0 Å². The maximum absolute atomic E-state index is 6.15. The summed E-state index contributed by atoms with van der Waals surface area (Å²) in [5.41, 5.74) is 8.28. The van der Waals surface area contributed by atoms with Gasteiger partial charge in [-0.3, -0.25) is 0 Å². The van der Waals surface area contributed by atoms with E-state index in [0.29, 0.717) is 0 Å². The molecule has 100 valence electrons. The van der Waals surface area contributed by atoms with Crippen molar-refractivity contribution in [2.45, 2.75) is 38.8 Å². The Morgan fingerprint density at radius 1 is 1.44 bits per heavy atom. The lowest BCUT2D eigenvalue weighted by molar-refractivity contribution is 0.410. The third-order valence-corrected chi connectivity index (χ3v) is 4.07. The van der Waals surface area contributed by atoms with E-state index in [4.69, 9.17) is 22.1 Å². The highest BCUT2D eigenvalue weighted by molar-refractivity contribution is 6.31. The van der Waals surface area contributed by atoms with Crippen molar-refractivity contribution in [1.29, 1.82) is 0 Å². The van der Waals surface area contributed by atoms with Crippen molar-refractivity contribution >= 4 is 17.3 Å². The average Bonchev–Trinajstić information content (AvgIpc) is 2.55. The summed E-state index contributed by atoms with van der Waals surface area (Å²) in [6, 6.07) is 4.17. The Balaban J connectivity index is 2.47. The van der Waals surface area contributed by atoms with E-state index in [1.165, 1.54) is 0 Å². The van der Waals surface area contributed by atoms with Crippen molar-refractivity contribution in [3.05, 3.63) is 22.7 Å². The molecule has 1 unspecified atom stereocenters. The first-order valence-corrected chi connectivity index (χ1v) is 6.60. The van der Waals surface area contributed by atoms with E-state index in [1.807, 2.05) is 13.0 Å². The quantitative estimate of drug-likeness (QED) is 0.896. The fraction of sp³-hybridized carbons (Fsp3) is 0.571. The molecule has 3 nitrogen and oxygen atoms in total. The van der Waals surface area contributed by atoms with Crippen LogP contribution in [0.15, 0.2) is 12.1 Å². The van der Waals surface area contributed by atoms with Gasteiger partial charge in [0.05, 0.1) is 12.8 Å². The van der Waals surface area contributed by atoms with Crippen molar-refractivity contribution in [3.8, 4) is 5.75 Å². The van der Waals surface area contributed by atoms with Gasteiger partial charge in [0.15, 0.2) is 0 Å². The van der Waals surface area contributed by atoms with Gasteiger partial charge in [-0.2, -0.15) is 0 Å². The van der Waals surface area contributed by atoms with E-state index < -0.39 is 0 Å². The molecule has 0 amide bonds. The molecule has 0 bridgehead atoms. The fourth-order valence-electron chi connectivity index (χ4n) is 2.74. The molecule has 1 aliphatic heterocycles. The first-order valence-electron chi connectivity index (χ1n) is 6.22. The zero-order valence-corrected chi connectivity index (χ0v) is 12.2. The zero-order valence-electron chi connectivity index (χ0n) is 11.5. The Kier molecular flexibility index (Phi) is 3.47. The Morgan fingerprint density at radius 3 is 2.61 bits per heavy atom. The van der Waals surface area contributed by atoms with Crippen LogP contribution in [0, 0.1) is 6.92 Å². The van der Waals surface area contributed by atoms with Crippen LogP contribution in [0.2, 0.25) is 5.02 Å². The summed E-state index contributed by atoms with van der Waals surface area (Å²) in [4.78, 5) is 2.32. The highest BCUT2D eigenvalue weighted by atomic mass is 35.5. The lowest BCUT2D eigenvalue weighted by atomic mass is 10.00. The topological polar surface area (TPSA) is 38.5 Å². The van der Waals surface area contributed by atoms with Gasteiger partial charge in [0.1, 0.15) is 5.75 Å². The molecule has 0 spiro atoms. The minimum Gasteiger partial charge on any atom is -0.495 e. The number of anilines is 1. The number of aryl methyl sites for hydroxylation is 1. The third-order valence-electron chi connectivity index (χ3n) is 3.66. The van der Waals surface area contributed by atoms with Crippen LogP contribution < -0.4 is 15.4 Å². The molecule has 1 heterocycles.